The lowest BCUT2D eigenvalue weighted by Gasteiger charge is -2.18. The van der Waals surface area contributed by atoms with Crippen molar-refractivity contribution < 1.29 is 28.6 Å². The lowest BCUT2D eigenvalue weighted by molar-refractivity contribution is -0.167. The zero-order valence-electron chi connectivity index (χ0n) is 49.9. The normalized spacial score (nSPS) is 13.3. The Balaban J connectivity index is 4.25. The smallest absolute Gasteiger partial charge is 0.306 e. The first kappa shape index (κ1) is 72.8. The van der Waals surface area contributed by atoms with Crippen molar-refractivity contribution in [2.45, 2.75) is 252 Å². The predicted molar refractivity (Wildman–Crippen MR) is 338 cm³/mol. The lowest BCUT2D eigenvalue weighted by atomic mass is 10.1. The molecule has 0 aromatic rings. The topological polar surface area (TPSA) is 78.9 Å². The minimum absolute atomic E-state index is 0.110. The third-order valence-electron chi connectivity index (χ3n) is 12.5. The van der Waals surface area contributed by atoms with Crippen LogP contribution in [0.1, 0.15) is 245 Å². The number of esters is 3. The first-order valence-corrected chi connectivity index (χ1v) is 31.1. The molecule has 0 radical (unpaired) electrons. The van der Waals surface area contributed by atoms with E-state index in [0.717, 1.165) is 141 Å². The van der Waals surface area contributed by atoms with Crippen LogP contribution in [0.15, 0.2) is 170 Å². The number of unbranched alkanes of at least 4 members (excludes halogenated alkanes) is 15. The van der Waals surface area contributed by atoms with E-state index in [2.05, 4.69) is 191 Å². The second kappa shape index (κ2) is 64.3. The van der Waals surface area contributed by atoms with E-state index in [4.69, 9.17) is 14.2 Å². The SMILES string of the molecule is CC/C=C\C/C=C\C/C=C\C/C=C\C/C=C\C/C=C\C/C=C\C/C=C\C/C=C\CCCCCCCCCC(=O)OCC(COC(=O)CCCCCCCCCC)OC(=O)CCC/C=C\C/C=C\C/C=C\C/C=C\C/C=C\CC. The van der Waals surface area contributed by atoms with Gasteiger partial charge >= 0.3 is 17.9 Å². The van der Waals surface area contributed by atoms with Gasteiger partial charge < -0.3 is 14.2 Å². The highest BCUT2D eigenvalue weighted by atomic mass is 16.6. The molecule has 436 valence electrons. The summed E-state index contributed by atoms with van der Waals surface area (Å²) >= 11 is 0. The number of ether oxygens (including phenoxy) is 3. The molecule has 0 N–H and O–H groups in total. The molecule has 1 atom stereocenters. The lowest BCUT2D eigenvalue weighted by Crippen LogP contribution is -2.30. The highest BCUT2D eigenvalue weighted by molar-refractivity contribution is 5.71. The predicted octanol–water partition coefficient (Wildman–Crippen LogP) is 21.5. The molecular formula is C72H112O6. The van der Waals surface area contributed by atoms with Crippen LogP contribution in [0.2, 0.25) is 0 Å². The number of rotatable bonds is 54. The molecule has 0 fully saturated rings. The van der Waals surface area contributed by atoms with E-state index in [1.807, 2.05) is 0 Å². The molecule has 1 unspecified atom stereocenters. The Bertz CT molecular complexity index is 1810. The van der Waals surface area contributed by atoms with Crippen LogP contribution >= 0.6 is 0 Å². The molecule has 6 heteroatoms. The highest BCUT2D eigenvalue weighted by Gasteiger charge is 2.19. The first-order chi connectivity index (χ1) is 38.5. The molecule has 0 aromatic heterocycles. The van der Waals surface area contributed by atoms with E-state index in [-0.39, 0.29) is 37.5 Å². The van der Waals surface area contributed by atoms with E-state index in [9.17, 15) is 14.4 Å². The van der Waals surface area contributed by atoms with Gasteiger partial charge in [0.15, 0.2) is 6.10 Å². The van der Waals surface area contributed by atoms with Crippen molar-refractivity contribution in [2.24, 2.45) is 0 Å². The Hall–Kier alpha value is -5.23. The van der Waals surface area contributed by atoms with Crippen LogP contribution in [0, 0.1) is 0 Å². The number of carbonyl (C=O) groups excluding carboxylic acids is 3. The van der Waals surface area contributed by atoms with E-state index in [1.54, 1.807) is 0 Å². The molecular weight excluding hydrogens is 961 g/mol. The van der Waals surface area contributed by atoms with Crippen molar-refractivity contribution >= 4 is 17.9 Å². The van der Waals surface area contributed by atoms with Crippen LogP contribution in [0.3, 0.4) is 0 Å². The Labute approximate surface area is 479 Å². The summed E-state index contributed by atoms with van der Waals surface area (Å²) in [5, 5.41) is 0. The van der Waals surface area contributed by atoms with Crippen LogP contribution in [0.5, 0.6) is 0 Å². The Morgan fingerprint density at radius 3 is 0.821 bits per heavy atom. The summed E-state index contributed by atoms with van der Waals surface area (Å²) in [6.07, 6.45) is 95.2. The third-order valence-corrected chi connectivity index (χ3v) is 12.5. The summed E-state index contributed by atoms with van der Waals surface area (Å²) in [5.74, 6) is -0.993. The molecule has 6 nitrogen and oxygen atoms in total. The van der Waals surface area contributed by atoms with Crippen molar-refractivity contribution in [1.29, 1.82) is 0 Å². The van der Waals surface area contributed by atoms with E-state index < -0.39 is 6.10 Å². The number of carbonyl (C=O) groups is 3. The van der Waals surface area contributed by atoms with Crippen LogP contribution in [-0.4, -0.2) is 37.2 Å². The van der Waals surface area contributed by atoms with Crippen molar-refractivity contribution in [3.05, 3.63) is 170 Å². The van der Waals surface area contributed by atoms with E-state index in [0.29, 0.717) is 19.3 Å². The zero-order chi connectivity index (χ0) is 56.4. The van der Waals surface area contributed by atoms with Gasteiger partial charge in [0.1, 0.15) is 13.2 Å². The van der Waals surface area contributed by atoms with Crippen molar-refractivity contribution in [3.63, 3.8) is 0 Å². The fourth-order valence-corrected chi connectivity index (χ4v) is 7.88. The standard InChI is InChI=1S/C72H112O6/c1-4-7-10-13-16-19-21-23-25-27-28-29-30-31-32-33-34-35-36-37-38-39-40-41-42-43-44-46-47-49-51-53-56-59-62-65-71(74)77-68-69(67-76-70(73)64-61-58-55-18-15-12-9-6-3)78-72(75)66-63-60-57-54-52-50-48-45-26-24-22-20-17-14-11-8-5-2/h7-8,10-11,16-17,19-20,23-26,28-29,31-32,34-35,37-38,40-41,43-44,48,50,54,57,69H,4-6,9,12-15,18,21-22,27,30,33,36,39,42,45-47,49,51-53,55-56,58-68H2,1-3H3/b10-7-,11-8-,19-16-,20-17-,25-23-,26-24-,29-28-,32-31-,35-34-,38-37-,41-40-,44-43-,50-48-,57-54-. The van der Waals surface area contributed by atoms with Gasteiger partial charge in [-0.05, 0) is 128 Å². The van der Waals surface area contributed by atoms with Crippen molar-refractivity contribution in [3.8, 4) is 0 Å². The molecule has 0 aromatic carbocycles. The van der Waals surface area contributed by atoms with Gasteiger partial charge in [-0.15, -0.1) is 0 Å². The summed E-state index contributed by atoms with van der Waals surface area (Å²) in [7, 11) is 0. The monoisotopic (exact) mass is 1070 g/mol. The van der Waals surface area contributed by atoms with Gasteiger partial charge in [-0.3, -0.25) is 14.4 Å². The maximum Gasteiger partial charge on any atom is 0.306 e. The van der Waals surface area contributed by atoms with Gasteiger partial charge in [0.05, 0.1) is 0 Å². The molecule has 0 rings (SSSR count). The molecule has 0 aliphatic heterocycles. The maximum absolute atomic E-state index is 12.8. The second-order valence-corrected chi connectivity index (χ2v) is 19.9. The average Bonchev–Trinajstić information content (AvgIpc) is 3.44. The molecule has 0 saturated carbocycles. The second-order valence-electron chi connectivity index (χ2n) is 19.9. The van der Waals surface area contributed by atoms with E-state index in [1.165, 1.54) is 57.8 Å². The maximum atomic E-state index is 12.8. The molecule has 0 saturated heterocycles. The number of hydrogen-bond donors (Lipinski definition) is 0. The minimum Gasteiger partial charge on any atom is -0.462 e. The highest BCUT2D eigenvalue weighted by Crippen LogP contribution is 2.13. The largest absolute Gasteiger partial charge is 0.462 e. The summed E-state index contributed by atoms with van der Waals surface area (Å²) in [6, 6.07) is 0. The minimum atomic E-state index is -0.818. The summed E-state index contributed by atoms with van der Waals surface area (Å²) in [4.78, 5) is 38.0. The molecule has 78 heavy (non-hydrogen) atoms. The number of allylic oxidation sites excluding steroid dienone is 28. The summed E-state index contributed by atoms with van der Waals surface area (Å²) < 4.78 is 16.7. The third kappa shape index (κ3) is 61.6. The molecule has 0 spiro atoms. The van der Waals surface area contributed by atoms with Crippen molar-refractivity contribution in [2.75, 3.05) is 13.2 Å². The molecule has 0 heterocycles. The van der Waals surface area contributed by atoms with E-state index >= 15 is 0 Å². The zero-order valence-corrected chi connectivity index (χ0v) is 49.9. The van der Waals surface area contributed by atoms with Crippen LogP contribution in [-0.2, 0) is 28.6 Å². The fourth-order valence-electron chi connectivity index (χ4n) is 7.88. The van der Waals surface area contributed by atoms with Gasteiger partial charge in [0.25, 0.3) is 0 Å². The Morgan fingerprint density at radius 2 is 0.513 bits per heavy atom. The molecule has 0 bridgehead atoms. The van der Waals surface area contributed by atoms with Crippen LogP contribution in [0.25, 0.3) is 0 Å². The van der Waals surface area contributed by atoms with Gasteiger partial charge in [-0.1, -0.05) is 268 Å². The van der Waals surface area contributed by atoms with Gasteiger partial charge in [-0.2, -0.15) is 0 Å². The van der Waals surface area contributed by atoms with Gasteiger partial charge in [0, 0.05) is 19.3 Å². The van der Waals surface area contributed by atoms with Crippen LogP contribution in [0.4, 0.5) is 0 Å². The summed E-state index contributed by atoms with van der Waals surface area (Å²) in [6.45, 7) is 6.31. The fraction of sp³-hybridized carbons (Fsp3) is 0.569. The summed E-state index contributed by atoms with van der Waals surface area (Å²) in [5.41, 5.74) is 0. The quantitative estimate of drug-likeness (QED) is 0.0261. The first-order valence-electron chi connectivity index (χ1n) is 31.1. The molecule has 0 aliphatic rings. The molecule has 0 aliphatic carbocycles. The van der Waals surface area contributed by atoms with Gasteiger partial charge in [0.2, 0.25) is 0 Å². The van der Waals surface area contributed by atoms with Crippen molar-refractivity contribution in [1.82, 2.24) is 0 Å². The number of hydrogen-bond acceptors (Lipinski definition) is 6. The molecule has 0 amide bonds. The Morgan fingerprint density at radius 1 is 0.269 bits per heavy atom. The van der Waals surface area contributed by atoms with Crippen LogP contribution < -0.4 is 0 Å². The Kier molecular flexibility index (Phi) is 60.0. The van der Waals surface area contributed by atoms with Gasteiger partial charge in [-0.25, -0.2) is 0 Å². The average molecular weight is 1070 g/mol.